The normalized spacial score (nSPS) is 18.9. The maximum atomic E-state index is 12.5. The fourth-order valence-electron chi connectivity index (χ4n) is 2.41. The summed E-state index contributed by atoms with van der Waals surface area (Å²) in [5.41, 5.74) is 0.900. The average Bonchev–Trinajstić information content (AvgIpc) is 3.16. The lowest BCUT2D eigenvalue weighted by atomic mass is 10.1. The van der Waals surface area contributed by atoms with Gasteiger partial charge >= 0.3 is 12.1 Å². The van der Waals surface area contributed by atoms with E-state index in [2.05, 4.69) is 14.7 Å². The van der Waals surface area contributed by atoms with Gasteiger partial charge in [-0.1, -0.05) is 5.16 Å². The Hall–Kier alpha value is -1.90. The van der Waals surface area contributed by atoms with E-state index in [0.717, 1.165) is 5.56 Å². The van der Waals surface area contributed by atoms with Crippen molar-refractivity contribution in [2.75, 3.05) is 13.1 Å². The van der Waals surface area contributed by atoms with Crippen LogP contribution in [0.25, 0.3) is 0 Å². The fourth-order valence-corrected chi connectivity index (χ4v) is 3.30. The quantitative estimate of drug-likeness (QED) is 0.848. The lowest BCUT2D eigenvalue weighted by Gasteiger charge is -2.15. The molecule has 3 rings (SSSR count). The van der Waals surface area contributed by atoms with Crippen LogP contribution in [-0.4, -0.2) is 34.0 Å². The molecule has 0 saturated carbocycles. The maximum absolute atomic E-state index is 12.5. The Morgan fingerprint density at radius 3 is 2.86 bits per heavy atom. The van der Waals surface area contributed by atoms with Gasteiger partial charge in [-0.3, -0.25) is 4.79 Å². The molecular formula is C13H12F3N3O2S. The van der Waals surface area contributed by atoms with Gasteiger partial charge in [0.05, 0.1) is 4.88 Å². The van der Waals surface area contributed by atoms with Gasteiger partial charge in [0.15, 0.2) is 5.82 Å². The first-order chi connectivity index (χ1) is 10.4. The number of nitrogens with zero attached hydrogens (tertiary/aromatic N) is 3. The largest absolute Gasteiger partial charge is 0.471 e. The van der Waals surface area contributed by atoms with E-state index in [4.69, 9.17) is 0 Å². The maximum Gasteiger partial charge on any atom is 0.471 e. The third-order valence-corrected chi connectivity index (χ3v) is 4.59. The smallest absolute Gasteiger partial charge is 0.337 e. The van der Waals surface area contributed by atoms with Crippen molar-refractivity contribution in [1.82, 2.24) is 15.0 Å². The third kappa shape index (κ3) is 2.72. The van der Waals surface area contributed by atoms with E-state index in [9.17, 15) is 18.0 Å². The summed E-state index contributed by atoms with van der Waals surface area (Å²) in [6.45, 7) is 2.62. The number of thiophene rings is 1. The van der Waals surface area contributed by atoms with E-state index in [1.165, 1.54) is 11.3 Å². The van der Waals surface area contributed by atoms with Crippen LogP contribution in [0.1, 0.15) is 39.3 Å². The Morgan fingerprint density at radius 2 is 2.27 bits per heavy atom. The molecule has 118 valence electrons. The Labute approximate surface area is 127 Å². The third-order valence-electron chi connectivity index (χ3n) is 3.58. The molecule has 0 aromatic carbocycles. The molecule has 1 aliphatic rings. The van der Waals surface area contributed by atoms with E-state index in [-0.39, 0.29) is 17.6 Å². The Kier molecular flexibility index (Phi) is 3.67. The van der Waals surface area contributed by atoms with Crippen LogP contribution in [0.15, 0.2) is 16.0 Å². The Morgan fingerprint density at radius 1 is 1.50 bits per heavy atom. The molecule has 0 N–H and O–H groups in total. The highest BCUT2D eigenvalue weighted by atomic mass is 32.1. The number of carbonyl (C=O) groups excluding carboxylic acids is 1. The summed E-state index contributed by atoms with van der Waals surface area (Å²) < 4.78 is 41.6. The zero-order valence-electron chi connectivity index (χ0n) is 11.6. The zero-order chi connectivity index (χ0) is 15.9. The minimum atomic E-state index is -4.65. The summed E-state index contributed by atoms with van der Waals surface area (Å²) in [6, 6.07) is 1.86. The van der Waals surface area contributed by atoms with Crippen LogP contribution < -0.4 is 0 Å². The first-order valence-electron chi connectivity index (χ1n) is 6.60. The van der Waals surface area contributed by atoms with Gasteiger partial charge in [-0.05, 0) is 30.4 Å². The van der Waals surface area contributed by atoms with E-state index in [1.54, 1.807) is 4.90 Å². The number of likely N-dealkylation sites (tertiary alicyclic amines) is 1. The molecular weight excluding hydrogens is 319 g/mol. The molecule has 1 fully saturated rings. The number of rotatable bonds is 2. The number of aryl methyl sites for hydroxylation is 1. The second-order valence-electron chi connectivity index (χ2n) is 5.12. The van der Waals surface area contributed by atoms with Crippen LogP contribution in [0.5, 0.6) is 0 Å². The lowest BCUT2D eigenvalue weighted by Crippen LogP contribution is -2.28. The zero-order valence-corrected chi connectivity index (χ0v) is 12.4. The van der Waals surface area contributed by atoms with Crippen molar-refractivity contribution in [3.63, 3.8) is 0 Å². The topological polar surface area (TPSA) is 59.2 Å². The average molecular weight is 331 g/mol. The van der Waals surface area contributed by atoms with Gasteiger partial charge in [-0.2, -0.15) is 18.2 Å². The van der Waals surface area contributed by atoms with Gasteiger partial charge in [0, 0.05) is 19.0 Å². The van der Waals surface area contributed by atoms with Crippen molar-refractivity contribution in [2.45, 2.75) is 25.4 Å². The summed E-state index contributed by atoms with van der Waals surface area (Å²) in [5.74, 6) is -1.77. The van der Waals surface area contributed by atoms with Crippen LogP contribution in [-0.2, 0) is 6.18 Å². The van der Waals surface area contributed by atoms with Gasteiger partial charge in [0.2, 0.25) is 0 Å². The molecule has 0 bridgehead atoms. The molecule has 2 aromatic heterocycles. The fraction of sp³-hybridized carbons (Fsp3) is 0.462. The highest BCUT2D eigenvalue weighted by Gasteiger charge is 2.40. The van der Waals surface area contributed by atoms with Crippen molar-refractivity contribution in [3.05, 3.63) is 33.6 Å². The van der Waals surface area contributed by atoms with Crippen molar-refractivity contribution < 1.29 is 22.5 Å². The lowest BCUT2D eigenvalue weighted by molar-refractivity contribution is -0.159. The van der Waals surface area contributed by atoms with Crippen LogP contribution in [0.3, 0.4) is 0 Å². The van der Waals surface area contributed by atoms with Gasteiger partial charge in [0.25, 0.3) is 5.91 Å². The molecule has 0 aliphatic carbocycles. The number of amides is 1. The van der Waals surface area contributed by atoms with Crippen molar-refractivity contribution in [1.29, 1.82) is 0 Å². The second-order valence-corrected chi connectivity index (χ2v) is 6.04. The summed E-state index contributed by atoms with van der Waals surface area (Å²) in [5, 5.41) is 5.24. The van der Waals surface area contributed by atoms with E-state index in [1.807, 2.05) is 18.4 Å². The number of alkyl halides is 3. The molecule has 22 heavy (non-hydrogen) atoms. The van der Waals surface area contributed by atoms with Crippen LogP contribution >= 0.6 is 11.3 Å². The van der Waals surface area contributed by atoms with Crippen molar-refractivity contribution >= 4 is 17.2 Å². The number of halogens is 3. The molecule has 5 nitrogen and oxygen atoms in total. The summed E-state index contributed by atoms with van der Waals surface area (Å²) in [4.78, 5) is 18.0. The van der Waals surface area contributed by atoms with E-state index < -0.39 is 12.1 Å². The Bertz CT molecular complexity index is 695. The molecule has 0 spiro atoms. The molecule has 1 aliphatic heterocycles. The highest BCUT2D eigenvalue weighted by Crippen LogP contribution is 2.32. The first-order valence-corrected chi connectivity index (χ1v) is 7.48. The molecule has 9 heteroatoms. The first kappa shape index (κ1) is 15.0. The van der Waals surface area contributed by atoms with Crippen molar-refractivity contribution in [3.8, 4) is 0 Å². The number of hydrogen-bond acceptors (Lipinski definition) is 5. The molecule has 1 saturated heterocycles. The molecule has 2 aromatic rings. The number of aromatic nitrogens is 2. The molecule has 1 unspecified atom stereocenters. The Balaban J connectivity index is 1.71. The molecule has 3 heterocycles. The molecule has 0 radical (unpaired) electrons. The van der Waals surface area contributed by atoms with Gasteiger partial charge in [0.1, 0.15) is 0 Å². The summed E-state index contributed by atoms with van der Waals surface area (Å²) >= 11 is 1.36. The number of hydrogen-bond donors (Lipinski definition) is 0. The van der Waals surface area contributed by atoms with E-state index >= 15 is 0 Å². The summed E-state index contributed by atoms with van der Waals surface area (Å²) in [7, 11) is 0. The van der Waals surface area contributed by atoms with Crippen LogP contribution in [0.2, 0.25) is 0 Å². The van der Waals surface area contributed by atoms with Gasteiger partial charge < -0.3 is 9.42 Å². The van der Waals surface area contributed by atoms with E-state index in [0.29, 0.717) is 24.4 Å². The second kappa shape index (κ2) is 5.38. The van der Waals surface area contributed by atoms with Gasteiger partial charge in [-0.15, -0.1) is 11.3 Å². The monoisotopic (exact) mass is 331 g/mol. The van der Waals surface area contributed by atoms with Gasteiger partial charge in [-0.25, -0.2) is 0 Å². The predicted octanol–water partition coefficient (Wildman–Crippen LogP) is 3.09. The molecule has 1 amide bonds. The van der Waals surface area contributed by atoms with Crippen molar-refractivity contribution in [2.24, 2.45) is 0 Å². The highest BCUT2D eigenvalue weighted by molar-refractivity contribution is 7.12. The minimum Gasteiger partial charge on any atom is -0.337 e. The van der Waals surface area contributed by atoms with Crippen LogP contribution in [0.4, 0.5) is 13.2 Å². The predicted molar refractivity (Wildman–Crippen MR) is 71.6 cm³/mol. The summed E-state index contributed by atoms with van der Waals surface area (Å²) in [6.07, 6.45) is -4.12. The minimum absolute atomic E-state index is 0.00512. The van der Waals surface area contributed by atoms with Crippen LogP contribution in [0, 0.1) is 6.92 Å². The molecule has 1 atom stereocenters. The SMILES string of the molecule is Cc1ccsc1C(=O)N1CCC(c2noc(C(F)(F)F)n2)C1. The standard InChI is InChI=1S/C13H12F3N3O2S/c1-7-3-5-22-9(7)11(20)19-4-2-8(6-19)10-17-12(21-18-10)13(14,15)16/h3,5,8H,2,4,6H2,1H3. The number of carbonyl (C=O) groups is 1.